The molecular weight excluding hydrogens is 314 g/mol. The van der Waals surface area contributed by atoms with Gasteiger partial charge in [0.05, 0.1) is 46.2 Å². The molecule has 0 spiro atoms. The molecule has 0 heterocycles. The summed E-state index contributed by atoms with van der Waals surface area (Å²) < 4.78 is 5.69. The van der Waals surface area contributed by atoms with Gasteiger partial charge in [0.15, 0.2) is 6.10 Å². The van der Waals surface area contributed by atoms with E-state index in [0.29, 0.717) is 30.3 Å². The molecule has 0 radical (unpaired) electrons. The van der Waals surface area contributed by atoms with Crippen LogP contribution in [0.15, 0.2) is 0 Å². The summed E-state index contributed by atoms with van der Waals surface area (Å²) in [7, 11) is 5.65. The minimum absolute atomic E-state index is 0.187. The number of aliphatic hydroxyl groups excluding tert-OH is 2. The largest absolute Gasteiger partial charge is 0.481 e. The number of carbonyl (C=O) groups is 2. The Morgan fingerprint density at radius 1 is 1.00 bits per heavy atom. The van der Waals surface area contributed by atoms with E-state index in [9.17, 15) is 19.8 Å². The zero-order valence-corrected chi connectivity index (χ0v) is 15.4. The van der Waals surface area contributed by atoms with E-state index >= 15 is 0 Å². The second-order valence-corrected chi connectivity index (χ2v) is 7.41. The Morgan fingerprint density at radius 3 is 2.08 bits per heavy atom. The molecule has 3 unspecified atom stereocenters. The molecule has 0 rings (SSSR count). The maximum Gasteiger partial charge on any atom is 0.308 e. The lowest BCUT2D eigenvalue weighted by Crippen LogP contribution is -2.44. The van der Waals surface area contributed by atoms with Crippen LogP contribution in [-0.4, -0.2) is 77.7 Å². The Balaban J connectivity index is 4.28. The summed E-state index contributed by atoms with van der Waals surface area (Å²) in [6.45, 7) is 2.42. The predicted octanol–water partition coefficient (Wildman–Crippen LogP) is 1.16. The van der Waals surface area contributed by atoms with Gasteiger partial charge in [0.2, 0.25) is 0 Å². The summed E-state index contributed by atoms with van der Waals surface area (Å²) >= 11 is 0. The number of nitrogens with zero attached hydrogens (tertiary/aromatic N) is 1. The number of hydrogen-bond donors (Lipinski definition) is 3. The minimum atomic E-state index is -1.03. The number of hydrogen-bond acceptors (Lipinski definition) is 5. The minimum Gasteiger partial charge on any atom is -0.481 e. The van der Waals surface area contributed by atoms with Gasteiger partial charge >= 0.3 is 11.9 Å². The lowest BCUT2D eigenvalue weighted by atomic mass is 10.0. The number of carboxylic acids is 1. The molecule has 142 valence electrons. The van der Waals surface area contributed by atoms with Crippen LogP contribution in [0.2, 0.25) is 0 Å². The summed E-state index contributed by atoms with van der Waals surface area (Å²) in [5.74, 6) is -1.63. The molecule has 0 aromatic rings. The van der Waals surface area contributed by atoms with Crippen LogP contribution in [0, 0.1) is 0 Å². The molecular formula is C17H34NO6+. The van der Waals surface area contributed by atoms with Crippen LogP contribution in [0.1, 0.15) is 51.9 Å². The van der Waals surface area contributed by atoms with E-state index in [4.69, 9.17) is 9.84 Å². The van der Waals surface area contributed by atoms with Crippen LogP contribution in [0.3, 0.4) is 0 Å². The van der Waals surface area contributed by atoms with Crippen molar-refractivity contribution in [2.45, 2.75) is 70.2 Å². The molecule has 0 aliphatic heterocycles. The van der Waals surface area contributed by atoms with Crippen LogP contribution in [0.25, 0.3) is 0 Å². The Morgan fingerprint density at radius 2 is 1.58 bits per heavy atom. The van der Waals surface area contributed by atoms with Crippen LogP contribution in [0.4, 0.5) is 0 Å². The monoisotopic (exact) mass is 348 g/mol. The van der Waals surface area contributed by atoms with Gasteiger partial charge in [-0.15, -0.1) is 0 Å². The highest BCUT2D eigenvalue weighted by Gasteiger charge is 2.25. The maximum absolute atomic E-state index is 11.9. The quantitative estimate of drug-likeness (QED) is 0.341. The van der Waals surface area contributed by atoms with E-state index in [1.807, 2.05) is 28.1 Å². The normalized spacial score (nSPS) is 15.6. The number of esters is 1. The first-order chi connectivity index (χ1) is 11.0. The number of unbranched alkanes of at least 4 members (excludes halogenated alkanes) is 1. The Bertz CT molecular complexity index is 380. The van der Waals surface area contributed by atoms with E-state index in [1.54, 1.807) is 0 Å². The zero-order chi connectivity index (χ0) is 18.8. The van der Waals surface area contributed by atoms with Crippen molar-refractivity contribution in [2.75, 3.05) is 27.7 Å². The molecule has 0 aromatic carbocycles. The molecule has 0 aliphatic carbocycles. The molecule has 0 saturated heterocycles. The van der Waals surface area contributed by atoms with Gasteiger partial charge in [0.1, 0.15) is 6.54 Å². The number of likely N-dealkylation sites (N-methyl/N-ethyl adjacent to an activating group) is 1. The molecule has 0 bridgehead atoms. The highest BCUT2D eigenvalue weighted by molar-refractivity contribution is 5.71. The fourth-order valence-corrected chi connectivity index (χ4v) is 2.45. The van der Waals surface area contributed by atoms with E-state index in [0.717, 1.165) is 12.8 Å². The number of rotatable bonds is 13. The highest BCUT2D eigenvalue weighted by Crippen LogP contribution is 2.12. The second kappa shape index (κ2) is 11.4. The van der Waals surface area contributed by atoms with Crippen LogP contribution >= 0.6 is 0 Å². The van der Waals surface area contributed by atoms with E-state index in [-0.39, 0.29) is 12.8 Å². The third-order valence-corrected chi connectivity index (χ3v) is 3.58. The van der Waals surface area contributed by atoms with Gasteiger partial charge in [0, 0.05) is 0 Å². The number of ether oxygens (including phenoxy) is 1. The predicted molar refractivity (Wildman–Crippen MR) is 90.4 cm³/mol. The number of aliphatic carboxylic acids is 1. The first-order valence-electron chi connectivity index (χ1n) is 8.61. The van der Waals surface area contributed by atoms with Crippen molar-refractivity contribution in [3.05, 3.63) is 0 Å². The molecule has 7 nitrogen and oxygen atoms in total. The fraction of sp³-hybridized carbons (Fsp3) is 0.882. The summed E-state index contributed by atoms with van der Waals surface area (Å²) in [4.78, 5) is 22.8. The average molecular weight is 348 g/mol. The number of quaternary nitrogens is 1. The first-order valence-corrected chi connectivity index (χ1v) is 8.61. The maximum atomic E-state index is 11.9. The standard InChI is InChI=1S/C17H33NO6/c1-5-6-7-13(19)8-9-14(20)10-17(23)24-15(11-16(21)22)12-18(2,3)4/h13-15,19-20H,5-12H2,1-4H3/p+1. The summed E-state index contributed by atoms with van der Waals surface area (Å²) in [5.41, 5.74) is 0. The van der Waals surface area contributed by atoms with Gasteiger partial charge in [-0.25, -0.2) is 0 Å². The van der Waals surface area contributed by atoms with Gasteiger partial charge in [-0.1, -0.05) is 19.8 Å². The Labute approximate surface area is 144 Å². The van der Waals surface area contributed by atoms with Crippen molar-refractivity contribution in [2.24, 2.45) is 0 Å². The third-order valence-electron chi connectivity index (χ3n) is 3.58. The second-order valence-electron chi connectivity index (χ2n) is 7.41. The topological polar surface area (TPSA) is 104 Å². The van der Waals surface area contributed by atoms with Gasteiger partial charge < -0.3 is 24.5 Å². The van der Waals surface area contributed by atoms with Crippen molar-refractivity contribution in [3.8, 4) is 0 Å². The Hall–Kier alpha value is -1.18. The molecule has 0 aliphatic rings. The molecule has 24 heavy (non-hydrogen) atoms. The van der Waals surface area contributed by atoms with E-state index in [2.05, 4.69) is 0 Å². The van der Waals surface area contributed by atoms with Crippen molar-refractivity contribution in [3.63, 3.8) is 0 Å². The summed E-state index contributed by atoms with van der Waals surface area (Å²) in [6, 6.07) is 0. The fourth-order valence-electron chi connectivity index (χ4n) is 2.45. The Kier molecular flexibility index (Phi) is 10.8. The zero-order valence-electron chi connectivity index (χ0n) is 15.4. The smallest absolute Gasteiger partial charge is 0.308 e. The number of carbonyl (C=O) groups excluding carboxylic acids is 1. The highest BCUT2D eigenvalue weighted by atomic mass is 16.5. The first kappa shape index (κ1) is 22.8. The lowest BCUT2D eigenvalue weighted by molar-refractivity contribution is -0.873. The molecule has 0 fully saturated rings. The van der Waals surface area contributed by atoms with Crippen molar-refractivity contribution >= 4 is 11.9 Å². The number of carboxylic acid groups (broad SMARTS) is 1. The van der Waals surface area contributed by atoms with Gasteiger partial charge in [-0.2, -0.15) is 0 Å². The summed E-state index contributed by atoms with van der Waals surface area (Å²) in [6.07, 6.45) is 0.864. The van der Waals surface area contributed by atoms with Crippen LogP contribution < -0.4 is 0 Å². The van der Waals surface area contributed by atoms with Crippen LogP contribution in [0.5, 0.6) is 0 Å². The van der Waals surface area contributed by atoms with E-state index in [1.165, 1.54) is 0 Å². The van der Waals surface area contributed by atoms with E-state index < -0.39 is 30.3 Å². The summed E-state index contributed by atoms with van der Waals surface area (Å²) in [5, 5.41) is 28.5. The number of aliphatic hydroxyl groups is 2. The van der Waals surface area contributed by atoms with Gasteiger partial charge in [-0.3, -0.25) is 9.59 Å². The molecule has 3 atom stereocenters. The van der Waals surface area contributed by atoms with Crippen LogP contribution in [-0.2, 0) is 14.3 Å². The van der Waals surface area contributed by atoms with Gasteiger partial charge in [0.25, 0.3) is 0 Å². The van der Waals surface area contributed by atoms with Crippen molar-refractivity contribution < 1.29 is 34.1 Å². The SMILES string of the molecule is CCCCC(O)CCC(O)CC(=O)OC(CC(=O)O)C[N+](C)(C)C. The van der Waals surface area contributed by atoms with Crippen molar-refractivity contribution in [1.29, 1.82) is 0 Å². The third kappa shape index (κ3) is 13.3. The average Bonchev–Trinajstić information content (AvgIpc) is 2.39. The molecule has 0 amide bonds. The molecule has 0 aromatic heterocycles. The van der Waals surface area contributed by atoms with Gasteiger partial charge in [-0.05, 0) is 19.3 Å². The molecule has 7 heteroatoms. The molecule has 0 saturated carbocycles. The van der Waals surface area contributed by atoms with Crippen molar-refractivity contribution in [1.82, 2.24) is 0 Å². The molecule has 3 N–H and O–H groups in total. The lowest BCUT2D eigenvalue weighted by Gasteiger charge is -2.28.